The molecule has 8 heteroatoms. The maximum Gasteiger partial charge on any atom is 0.262 e. The van der Waals surface area contributed by atoms with E-state index in [1.165, 1.54) is 0 Å². The highest BCUT2D eigenvalue weighted by Crippen LogP contribution is 2.27. The largest absolute Gasteiger partial charge is 0.273 e. The number of aromatic nitrogens is 1. The van der Waals surface area contributed by atoms with Crippen molar-refractivity contribution in [3.63, 3.8) is 0 Å². The van der Waals surface area contributed by atoms with E-state index in [0.717, 1.165) is 4.90 Å². The fraction of sp³-hybridized carbons (Fsp3) is 0.250. The fourth-order valence-corrected chi connectivity index (χ4v) is 3.12. The molecular formula is C20H20N4O4. The van der Waals surface area contributed by atoms with Crippen molar-refractivity contribution < 1.29 is 19.2 Å². The monoisotopic (exact) mass is 380 g/mol. The number of carbonyl (C=O) groups is 4. The number of benzene rings is 1. The van der Waals surface area contributed by atoms with Gasteiger partial charge in [-0.15, -0.1) is 0 Å². The number of imide groups is 1. The van der Waals surface area contributed by atoms with Gasteiger partial charge in [0.15, 0.2) is 0 Å². The van der Waals surface area contributed by atoms with Crippen molar-refractivity contribution in [3.05, 3.63) is 65.5 Å². The minimum atomic E-state index is -1.05. The highest BCUT2D eigenvalue weighted by Gasteiger charge is 2.43. The molecule has 1 aromatic heterocycles. The first kappa shape index (κ1) is 19.2. The molecule has 1 unspecified atom stereocenters. The molecule has 0 bridgehead atoms. The van der Waals surface area contributed by atoms with Crippen LogP contribution >= 0.6 is 0 Å². The van der Waals surface area contributed by atoms with Crippen molar-refractivity contribution in [2.45, 2.75) is 26.3 Å². The van der Waals surface area contributed by atoms with Crippen molar-refractivity contribution >= 4 is 23.6 Å². The molecule has 8 nitrogen and oxygen atoms in total. The highest BCUT2D eigenvalue weighted by atomic mass is 16.2. The zero-order valence-corrected chi connectivity index (χ0v) is 15.5. The van der Waals surface area contributed by atoms with Gasteiger partial charge in [-0.25, -0.2) is 0 Å². The SMILES string of the molecule is CC(C)C(C(=O)NNC(=O)Cc1cccnc1)N1C(=O)c2ccccc2C1=O. The molecule has 1 atom stereocenters. The van der Waals surface area contributed by atoms with Gasteiger partial charge in [-0.2, -0.15) is 0 Å². The molecule has 2 aromatic rings. The van der Waals surface area contributed by atoms with Crippen molar-refractivity contribution in [2.24, 2.45) is 5.92 Å². The van der Waals surface area contributed by atoms with E-state index in [1.54, 1.807) is 62.6 Å². The Morgan fingerprint density at radius 1 is 1.00 bits per heavy atom. The molecule has 2 heterocycles. The highest BCUT2D eigenvalue weighted by molar-refractivity contribution is 6.22. The molecule has 2 N–H and O–H groups in total. The molecule has 0 saturated carbocycles. The first-order chi connectivity index (χ1) is 13.4. The molecule has 3 rings (SSSR count). The number of hydrogen-bond acceptors (Lipinski definition) is 5. The molecule has 1 aromatic carbocycles. The van der Waals surface area contributed by atoms with Crippen LogP contribution < -0.4 is 10.9 Å². The molecule has 1 aliphatic rings. The van der Waals surface area contributed by atoms with Crippen LogP contribution in [0.5, 0.6) is 0 Å². The first-order valence-electron chi connectivity index (χ1n) is 8.84. The number of nitrogens with one attached hydrogen (secondary N) is 2. The fourth-order valence-electron chi connectivity index (χ4n) is 3.12. The Morgan fingerprint density at radius 2 is 1.64 bits per heavy atom. The summed E-state index contributed by atoms with van der Waals surface area (Å²) < 4.78 is 0. The summed E-state index contributed by atoms with van der Waals surface area (Å²) in [4.78, 5) is 54.9. The van der Waals surface area contributed by atoms with Gasteiger partial charge in [0.25, 0.3) is 17.7 Å². The van der Waals surface area contributed by atoms with E-state index in [4.69, 9.17) is 0 Å². The van der Waals surface area contributed by atoms with E-state index in [2.05, 4.69) is 15.8 Å². The van der Waals surface area contributed by atoms with E-state index < -0.39 is 29.7 Å². The second-order valence-corrected chi connectivity index (χ2v) is 6.79. The Kier molecular flexibility index (Phi) is 5.49. The number of pyridine rings is 1. The topological polar surface area (TPSA) is 108 Å². The third-order valence-corrected chi connectivity index (χ3v) is 4.42. The van der Waals surface area contributed by atoms with Crippen LogP contribution in [0.2, 0.25) is 0 Å². The van der Waals surface area contributed by atoms with Crippen LogP contribution in [0.25, 0.3) is 0 Å². The number of carbonyl (C=O) groups excluding carboxylic acids is 4. The number of rotatable bonds is 5. The molecule has 0 saturated heterocycles. The lowest BCUT2D eigenvalue weighted by Crippen LogP contribution is -2.56. The van der Waals surface area contributed by atoms with E-state index in [0.29, 0.717) is 5.56 Å². The van der Waals surface area contributed by atoms with E-state index >= 15 is 0 Å². The van der Waals surface area contributed by atoms with E-state index in [1.807, 2.05) is 0 Å². The van der Waals surface area contributed by atoms with Gasteiger partial charge in [0.2, 0.25) is 5.91 Å². The van der Waals surface area contributed by atoms with Gasteiger partial charge >= 0.3 is 0 Å². The van der Waals surface area contributed by atoms with Crippen molar-refractivity contribution in [2.75, 3.05) is 0 Å². The number of hydrogen-bond donors (Lipinski definition) is 2. The van der Waals surface area contributed by atoms with Gasteiger partial charge in [0.1, 0.15) is 6.04 Å². The molecule has 1 aliphatic heterocycles. The molecule has 0 radical (unpaired) electrons. The van der Waals surface area contributed by atoms with E-state index in [-0.39, 0.29) is 23.5 Å². The molecule has 4 amide bonds. The molecule has 144 valence electrons. The Balaban J connectivity index is 1.69. The molecule has 28 heavy (non-hydrogen) atoms. The van der Waals surface area contributed by atoms with E-state index in [9.17, 15) is 19.2 Å². The third kappa shape index (κ3) is 3.75. The second kappa shape index (κ2) is 7.99. The molecular weight excluding hydrogens is 360 g/mol. The van der Waals surface area contributed by atoms with Gasteiger partial charge in [-0.1, -0.05) is 32.0 Å². The van der Waals surface area contributed by atoms with Gasteiger partial charge in [-0.3, -0.25) is 39.9 Å². The zero-order valence-electron chi connectivity index (χ0n) is 15.5. The third-order valence-electron chi connectivity index (χ3n) is 4.42. The lowest BCUT2D eigenvalue weighted by atomic mass is 10.0. The van der Waals surface area contributed by atoms with Gasteiger partial charge in [0.05, 0.1) is 17.5 Å². The summed E-state index contributed by atoms with van der Waals surface area (Å²) >= 11 is 0. The van der Waals surface area contributed by atoms with Crippen molar-refractivity contribution in [3.8, 4) is 0 Å². The van der Waals surface area contributed by atoms with Crippen LogP contribution in [0.4, 0.5) is 0 Å². The van der Waals surface area contributed by atoms with Crippen molar-refractivity contribution in [1.29, 1.82) is 0 Å². The average Bonchev–Trinajstić information content (AvgIpc) is 2.93. The Bertz CT molecular complexity index is 892. The molecule has 0 aliphatic carbocycles. The minimum Gasteiger partial charge on any atom is -0.273 e. The summed E-state index contributed by atoms with van der Waals surface area (Å²) in [6, 6.07) is 8.84. The summed E-state index contributed by atoms with van der Waals surface area (Å²) in [6.45, 7) is 3.45. The summed E-state index contributed by atoms with van der Waals surface area (Å²) in [6.07, 6.45) is 3.18. The predicted molar refractivity (Wildman–Crippen MR) is 99.8 cm³/mol. The number of amides is 4. The van der Waals surface area contributed by atoms with Crippen LogP contribution in [0.3, 0.4) is 0 Å². The van der Waals surface area contributed by atoms with Gasteiger partial charge in [0, 0.05) is 12.4 Å². The normalized spacial score (nSPS) is 14.0. The zero-order chi connectivity index (χ0) is 20.3. The van der Waals surface area contributed by atoms with Gasteiger partial charge < -0.3 is 0 Å². The quantitative estimate of drug-likeness (QED) is 0.596. The summed E-state index contributed by atoms with van der Waals surface area (Å²) in [5.41, 5.74) is 5.88. The summed E-state index contributed by atoms with van der Waals surface area (Å²) in [7, 11) is 0. The summed E-state index contributed by atoms with van der Waals surface area (Å²) in [5, 5.41) is 0. The maximum atomic E-state index is 12.7. The molecule has 0 spiro atoms. The predicted octanol–water partition coefficient (Wildman–Crippen LogP) is 1.09. The minimum absolute atomic E-state index is 0.0352. The Hall–Kier alpha value is -3.55. The Labute approximate surface area is 161 Å². The van der Waals surface area contributed by atoms with Crippen LogP contribution in [0, 0.1) is 5.92 Å². The summed E-state index contributed by atoms with van der Waals surface area (Å²) in [5.74, 6) is -2.46. The van der Waals surface area contributed by atoms with Crippen LogP contribution in [-0.2, 0) is 16.0 Å². The van der Waals surface area contributed by atoms with Gasteiger partial charge in [-0.05, 0) is 29.7 Å². The average molecular weight is 380 g/mol. The standard InChI is InChI=1S/C20H20N4O4/c1-12(2)17(24-19(27)14-7-3-4-8-15(14)20(24)28)18(26)23-22-16(25)10-13-6-5-9-21-11-13/h3-9,11-12,17H,10H2,1-2H3,(H,22,25)(H,23,26). The Morgan fingerprint density at radius 3 is 2.18 bits per heavy atom. The number of hydrazine groups is 1. The van der Waals surface area contributed by atoms with Crippen LogP contribution in [-0.4, -0.2) is 39.6 Å². The lowest BCUT2D eigenvalue weighted by molar-refractivity contribution is -0.131. The lowest BCUT2D eigenvalue weighted by Gasteiger charge is -2.28. The van der Waals surface area contributed by atoms with Crippen molar-refractivity contribution in [1.82, 2.24) is 20.7 Å². The first-order valence-corrected chi connectivity index (χ1v) is 8.84. The molecule has 0 fully saturated rings. The second-order valence-electron chi connectivity index (χ2n) is 6.79. The van der Waals surface area contributed by atoms with Crippen LogP contribution in [0.15, 0.2) is 48.8 Å². The van der Waals surface area contributed by atoms with Crippen LogP contribution in [0.1, 0.15) is 40.1 Å². The smallest absolute Gasteiger partial charge is 0.262 e. The number of fused-ring (bicyclic) bond motifs is 1. The number of nitrogens with zero attached hydrogens (tertiary/aromatic N) is 2. The maximum absolute atomic E-state index is 12.7.